The minimum Gasteiger partial charge on any atom is -0.431 e. The Morgan fingerprint density at radius 3 is 2.65 bits per heavy atom. The van der Waals surface area contributed by atoms with Gasteiger partial charge in [-0.05, 0) is 17.7 Å². The van der Waals surface area contributed by atoms with Crippen LogP contribution in [0.2, 0.25) is 0 Å². The number of carbonyl (C=O) groups excluding carboxylic acids is 1. The van der Waals surface area contributed by atoms with Crippen LogP contribution in [0, 0.1) is 0 Å². The van der Waals surface area contributed by atoms with Crippen molar-refractivity contribution in [3.8, 4) is 0 Å². The van der Waals surface area contributed by atoms with E-state index in [1.165, 1.54) is 11.8 Å². The smallest absolute Gasteiger partial charge is 0.257 e. The van der Waals surface area contributed by atoms with Crippen molar-refractivity contribution in [2.24, 2.45) is 0 Å². The summed E-state index contributed by atoms with van der Waals surface area (Å²) < 4.78 is 5.56. The standard InChI is InChI=1S/C17H16N2O3S/c20-10-14(12-6-2-1-3-7-12)18-16(21)11-23-17-19-13-8-4-5-9-15(13)22-17/h1-9,14,20H,10-11H2,(H,18,21). The Morgan fingerprint density at radius 1 is 1.17 bits per heavy atom. The Balaban J connectivity index is 1.58. The number of para-hydroxylation sites is 2. The van der Waals surface area contributed by atoms with Gasteiger partial charge in [-0.3, -0.25) is 4.79 Å². The molecule has 23 heavy (non-hydrogen) atoms. The summed E-state index contributed by atoms with van der Waals surface area (Å²) >= 11 is 1.23. The summed E-state index contributed by atoms with van der Waals surface area (Å²) in [6.07, 6.45) is 0. The monoisotopic (exact) mass is 328 g/mol. The molecule has 0 saturated heterocycles. The van der Waals surface area contributed by atoms with Gasteiger partial charge in [0.15, 0.2) is 5.58 Å². The molecule has 1 atom stereocenters. The first-order valence-electron chi connectivity index (χ1n) is 7.20. The van der Waals surface area contributed by atoms with E-state index >= 15 is 0 Å². The lowest BCUT2D eigenvalue weighted by Gasteiger charge is -2.16. The lowest BCUT2D eigenvalue weighted by atomic mass is 10.1. The fraction of sp³-hybridized carbons (Fsp3) is 0.176. The van der Waals surface area contributed by atoms with Crippen molar-refractivity contribution in [2.45, 2.75) is 11.3 Å². The summed E-state index contributed by atoms with van der Waals surface area (Å²) in [7, 11) is 0. The second-order valence-corrected chi connectivity index (χ2v) is 5.88. The predicted molar refractivity (Wildman–Crippen MR) is 89.1 cm³/mol. The molecule has 0 fully saturated rings. The summed E-state index contributed by atoms with van der Waals surface area (Å²) in [6.45, 7) is -0.149. The van der Waals surface area contributed by atoms with Crippen LogP contribution in [-0.2, 0) is 4.79 Å². The van der Waals surface area contributed by atoms with Gasteiger partial charge in [0.2, 0.25) is 5.91 Å². The number of nitrogens with one attached hydrogen (secondary N) is 1. The Morgan fingerprint density at radius 2 is 1.91 bits per heavy atom. The third-order valence-electron chi connectivity index (χ3n) is 3.32. The number of nitrogens with zero attached hydrogens (tertiary/aromatic N) is 1. The molecule has 0 radical (unpaired) electrons. The van der Waals surface area contributed by atoms with Gasteiger partial charge in [0.25, 0.3) is 5.22 Å². The van der Waals surface area contributed by atoms with Crippen LogP contribution in [0.3, 0.4) is 0 Å². The van der Waals surface area contributed by atoms with Crippen LogP contribution < -0.4 is 5.32 Å². The summed E-state index contributed by atoms with van der Waals surface area (Å²) in [6, 6.07) is 16.4. The molecule has 1 unspecified atom stereocenters. The Hall–Kier alpha value is -2.31. The van der Waals surface area contributed by atoms with Gasteiger partial charge in [-0.1, -0.05) is 54.2 Å². The van der Waals surface area contributed by atoms with Gasteiger partial charge >= 0.3 is 0 Å². The molecule has 0 aliphatic carbocycles. The first kappa shape index (κ1) is 15.6. The molecule has 2 N–H and O–H groups in total. The number of amides is 1. The van der Waals surface area contributed by atoms with Crippen LogP contribution in [0.5, 0.6) is 0 Å². The van der Waals surface area contributed by atoms with Crippen molar-refractivity contribution in [1.29, 1.82) is 0 Å². The summed E-state index contributed by atoms with van der Waals surface area (Å²) in [5, 5.41) is 12.7. The molecular weight excluding hydrogens is 312 g/mol. The number of hydrogen-bond acceptors (Lipinski definition) is 5. The van der Waals surface area contributed by atoms with Crippen molar-refractivity contribution in [3.63, 3.8) is 0 Å². The minimum atomic E-state index is -0.409. The summed E-state index contributed by atoms with van der Waals surface area (Å²) in [5.41, 5.74) is 2.34. The Bertz CT molecular complexity index is 756. The van der Waals surface area contributed by atoms with Gasteiger partial charge < -0.3 is 14.8 Å². The van der Waals surface area contributed by atoms with E-state index in [-0.39, 0.29) is 18.3 Å². The lowest BCUT2D eigenvalue weighted by molar-refractivity contribution is -0.119. The third kappa shape index (κ3) is 3.91. The van der Waals surface area contributed by atoms with Crippen LogP contribution in [-0.4, -0.2) is 28.4 Å². The largest absolute Gasteiger partial charge is 0.431 e. The van der Waals surface area contributed by atoms with Crippen molar-refractivity contribution in [1.82, 2.24) is 10.3 Å². The molecule has 1 amide bonds. The molecule has 0 bridgehead atoms. The molecule has 1 heterocycles. The zero-order valence-electron chi connectivity index (χ0n) is 12.3. The first-order valence-corrected chi connectivity index (χ1v) is 8.18. The van der Waals surface area contributed by atoms with Crippen LogP contribution in [0.25, 0.3) is 11.1 Å². The number of carbonyl (C=O) groups is 1. The molecule has 5 nitrogen and oxygen atoms in total. The highest BCUT2D eigenvalue weighted by Gasteiger charge is 2.14. The number of fused-ring (bicyclic) bond motifs is 1. The quantitative estimate of drug-likeness (QED) is 0.681. The molecule has 0 aliphatic heterocycles. The lowest BCUT2D eigenvalue weighted by Crippen LogP contribution is -2.32. The van der Waals surface area contributed by atoms with Crippen LogP contribution in [0.4, 0.5) is 0 Å². The fourth-order valence-corrected chi connectivity index (χ4v) is 2.85. The summed E-state index contributed by atoms with van der Waals surface area (Å²) in [5.74, 6) is -0.00367. The molecule has 2 aromatic carbocycles. The van der Waals surface area contributed by atoms with Gasteiger partial charge in [0.1, 0.15) is 5.52 Å². The second kappa shape index (κ2) is 7.30. The van der Waals surface area contributed by atoms with Gasteiger partial charge in [-0.25, -0.2) is 4.98 Å². The Labute approximate surface area is 137 Å². The maximum atomic E-state index is 12.1. The van der Waals surface area contributed by atoms with Crippen molar-refractivity contribution >= 4 is 28.8 Å². The number of hydrogen-bond donors (Lipinski definition) is 2. The number of benzene rings is 2. The van der Waals surface area contributed by atoms with Gasteiger partial charge in [0, 0.05) is 0 Å². The number of rotatable bonds is 6. The molecule has 6 heteroatoms. The van der Waals surface area contributed by atoms with E-state index in [9.17, 15) is 9.90 Å². The molecule has 3 aromatic rings. The highest BCUT2D eigenvalue weighted by atomic mass is 32.2. The van der Waals surface area contributed by atoms with E-state index in [1.807, 2.05) is 54.6 Å². The summed E-state index contributed by atoms with van der Waals surface area (Å²) in [4.78, 5) is 16.4. The highest BCUT2D eigenvalue weighted by molar-refractivity contribution is 7.99. The number of thioether (sulfide) groups is 1. The van der Waals surface area contributed by atoms with E-state index in [1.54, 1.807) is 0 Å². The topological polar surface area (TPSA) is 75.4 Å². The zero-order valence-corrected chi connectivity index (χ0v) is 13.1. The van der Waals surface area contributed by atoms with E-state index in [0.29, 0.717) is 10.8 Å². The number of aliphatic hydroxyl groups excluding tert-OH is 1. The molecule has 0 aliphatic rings. The number of oxazole rings is 1. The van der Waals surface area contributed by atoms with Crippen LogP contribution in [0.15, 0.2) is 64.2 Å². The first-order chi connectivity index (χ1) is 11.3. The average molecular weight is 328 g/mol. The van der Waals surface area contributed by atoms with Gasteiger partial charge in [-0.15, -0.1) is 0 Å². The predicted octanol–water partition coefficient (Wildman–Crippen LogP) is 2.77. The third-order valence-corrected chi connectivity index (χ3v) is 4.15. The normalized spacial score (nSPS) is 12.2. The minimum absolute atomic E-state index is 0.149. The molecule has 3 rings (SSSR count). The number of aromatic nitrogens is 1. The second-order valence-electron chi connectivity index (χ2n) is 4.95. The SMILES string of the molecule is O=C(CSc1nc2ccccc2o1)NC(CO)c1ccccc1. The van der Waals surface area contributed by atoms with Gasteiger partial charge in [-0.2, -0.15) is 0 Å². The molecule has 118 valence electrons. The fourth-order valence-electron chi connectivity index (χ4n) is 2.20. The van der Waals surface area contributed by atoms with Gasteiger partial charge in [0.05, 0.1) is 18.4 Å². The molecule has 0 spiro atoms. The maximum Gasteiger partial charge on any atom is 0.257 e. The number of aliphatic hydroxyl groups is 1. The molecule has 1 aromatic heterocycles. The maximum absolute atomic E-state index is 12.1. The van der Waals surface area contributed by atoms with Crippen LogP contribution >= 0.6 is 11.8 Å². The van der Waals surface area contributed by atoms with Crippen molar-refractivity contribution < 1.29 is 14.3 Å². The van der Waals surface area contributed by atoms with Crippen LogP contribution in [0.1, 0.15) is 11.6 Å². The molecular formula is C17H16N2O3S. The average Bonchev–Trinajstić information content (AvgIpc) is 3.01. The van der Waals surface area contributed by atoms with Crippen molar-refractivity contribution in [2.75, 3.05) is 12.4 Å². The zero-order chi connectivity index (χ0) is 16.1. The van der Waals surface area contributed by atoms with E-state index in [4.69, 9.17) is 4.42 Å². The highest BCUT2D eigenvalue weighted by Crippen LogP contribution is 2.23. The van der Waals surface area contributed by atoms with E-state index in [2.05, 4.69) is 10.3 Å². The molecule has 0 saturated carbocycles. The van der Waals surface area contributed by atoms with E-state index in [0.717, 1.165) is 11.1 Å². The van der Waals surface area contributed by atoms with E-state index < -0.39 is 6.04 Å². The van der Waals surface area contributed by atoms with Crippen molar-refractivity contribution in [3.05, 3.63) is 60.2 Å². The Kier molecular flexibility index (Phi) is 4.95.